The molecule has 0 bridgehead atoms. The van der Waals surface area contributed by atoms with E-state index in [4.69, 9.17) is 15.0 Å². The second-order valence-electron chi connectivity index (χ2n) is 13.0. The van der Waals surface area contributed by atoms with Crippen LogP contribution in [0.15, 0.2) is 187 Å². The van der Waals surface area contributed by atoms with E-state index in [1.165, 1.54) is 0 Å². The molecule has 0 amide bonds. The van der Waals surface area contributed by atoms with Crippen molar-refractivity contribution >= 4 is 11.0 Å². The quantitative estimate of drug-likeness (QED) is 0.168. The summed E-state index contributed by atoms with van der Waals surface area (Å²) in [6.45, 7) is 0. The first kappa shape index (κ1) is 31.8. The number of fused-ring (bicyclic) bond motifs is 1. The molecule has 0 radical (unpaired) electrons. The molecule has 9 aromatic rings. The zero-order valence-electron chi connectivity index (χ0n) is 29.0. The number of aryl methyl sites for hydroxylation is 1. The van der Waals surface area contributed by atoms with Gasteiger partial charge in [-0.2, -0.15) is 0 Å². The van der Waals surface area contributed by atoms with Crippen LogP contribution in [0.2, 0.25) is 0 Å². The summed E-state index contributed by atoms with van der Waals surface area (Å²) in [6.07, 6.45) is 0. The van der Waals surface area contributed by atoms with Crippen molar-refractivity contribution in [2.45, 2.75) is 0 Å². The number of aromatic nitrogens is 5. The van der Waals surface area contributed by atoms with Gasteiger partial charge in [-0.3, -0.25) is 9.13 Å². The Balaban J connectivity index is 1.03. The Hall–Kier alpha value is -7.18. The van der Waals surface area contributed by atoms with E-state index in [-0.39, 0.29) is 5.69 Å². The van der Waals surface area contributed by atoms with Crippen molar-refractivity contribution in [3.8, 4) is 73.2 Å². The summed E-state index contributed by atoms with van der Waals surface area (Å²) in [7, 11) is 1.82. The lowest BCUT2D eigenvalue weighted by molar-refractivity contribution is 0.846. The zero-order chi connectivity index (χ0) is 35.7. The van der Waals surface area contributed by atoms with Crippen molar-refractivity contribution < 1.29 is 0 Å². The van der Waals surface area contributed by atoms with Crippen molar-refractivity contribution in [1.82, 2.24) is 24.1 Å². The first-order chi connectivity index (χ1) is 26.1. The highest BCUT2D eigenvalue weighted by molar-refractivity contribution is 5.85. The molecule has 9 rings (SSSR count). The van der Waals surface area contributed by atoms with Gasteiger partial charge in [-0.15, -0.1) is 0 Å². The molecule has 0 fully saturated rings. The third kappa shape index (κ3) is 6.13. The SMILES string of the molecule is Cn1c(=O)n(-c2ccccc2)c2cc(-c3ccc(-c4ccc(-c5nc(-c6ccccc6)nc(-c6cccc(-c7ccccc7)c6)n5)cc4)cc3)ccc21. The van der Waals surface area contributed by atoms with Crippen LogP contribution in [0.4, 0.5) is 0 Å². The normalized spacial score (nSPS) is 11.2. The molecule has 2 aromatic heterocycles. The van der Waals surface area contributed by atoms with Crippen LogP contribution in [-0.2, 0) is 7.05 Å². The van der Waals surface area contributed by atoms with Crippen LogP contribution in [0.3, 0.4) is 0 Å². The highest BCUT2D eigenvalue weighted by atomic mass is 16.1. The number of benzene rings is 7. The predicted octanol–water partition coefficient (Wildman–Crippen LogP) is 10.5. The molecule has 252 valence electrons. The van der Waals surface area contributed by atoms with Gasteiger partial charge in [0.25, 0.3) is 0 Å². The average molecular weight is 684 g/mol. The van der Waals surface area contributed by atoms with Crippen molar-refractivity contribution in [3.63, 3.8) is 0 Å². The summed E-state index contributed by atoms with van der Waals surface area (Å²) < 4.78 is 3.47. The number of para-hydroxylation sites is 1. The number of nitrogens with zero attached hydrogens (tertiary/aromatic N) is 5. The third-order valence-electron chi connectivity index (χ3n) is 9.66. The van der Waals surface area contributed by atoms with Crippen molar-refractivity contribution in [3.05, 3.63) is 192 Å². The van der Waals surface area contributed by atoms with Crippen LogP contribution in [0.5, 0.6) is 0 Å². The fourth-order valence-corrected chi connectivity index (χ4v) is 6.83. The minimum absolute atomic E-state index is 0.0657. The van der Waals surface area contributed by atoms with Gasteiger partial charge in [0, 0.05) is 23.7 Å². The molecule has 0 atom stereocenters. The molecule has 0 aliphatic carbocycles. The van der Waals surface area contributed by atoms with E-state index in [0.29, 0.717) is 17.5 Å². The molecule has 6 heteroatoms. The molecule has 0 saturated heterocycles. The lowest BCUT2D eigenvalue weighted by Crippen LogP contribution is -2.20. The second-order valence-corrected chi connectivity index (χ2v) is 13.0. The minimum Gasteiger partial charge on any atom is -0.295 e. The lowest BCUT2D eigenvalue weighted by Gasteiger charge is -2.10. The van der Waals surface area contributed by atoms with Crippen LogP contribution in [0.25, 0.3) is 84.3 Å². The Kier molecular flexibility index (Phi) is 8.10. The largest absolute Gasteiger partial charge is 0.333 e. The van der Waals surface area contributed by atoms with Crippen LogP contribution in [0.1, 0.15) is 0 Å². The van der Waals surface area contributed by atoms with Crippen LogP contribution in [0, 0.1) is 0 Å². The molecule has 0 unspecified atom stereocenters. The maximum Gasteiger partial charge on any atom is 0.333 e. The monoisotopic (exact) mass is 683 g/mol. The Morgan fingerprint density at radius 1 is 0.358 bits per heavy atom. The molecule has 6 nitrogen and oxygen atoms in total. The zero-order valence-corrected chi connectivity index (χ0v) is 29.0. The highest BCUT2D eigenvalue weighted by Gasteiger charge is 2.15. The highest BCUT2D eigenvalue weighted by Crippen LogP contribution is 2.31. The summed E-state index contributed by atoms with van der Waals surface area (Å²) >= 11 is 0. The topological polar surface area (TPSA) is 65.6 Å². The Morgan fingerprint density at radius 2 is 0.755 bits per heavy atom. The van der Waals surface area contributed by atoms with Crippen molar-refractivity contribution in [1.29, 1.82) is 0 Å². The van der Waals surface area contributed by atoms with E-state index in [0.717, 1.165) is 66.8 Å². The van der Waals surface area contributed by atoms with E-state index in [1.807, 2.05) is 104 Å². The molecule has 0 N–H and O–H groups in total. The molecule has 2 heterocycles. The van der Waals surface area contributed by atoms with E-state index < -0.39 is 0 Å². The first-order valence-electron chi connectivity index (χ1n) is 17.5. The van der Waals surface area contributed by atoms with Crippen LogP contribution >= 0.6 is 0 Å². The van der Waals surface area contributed by atoms with Gasteiger partial charge in [-0.05, 0) is 63.7 Å². The van der Waals surface area contributed by atoms with E-state index >= 15 is 0 Å². The van der Waals surface area contributed by atoms with E-state index in [1.54, 1.807) is 9.13 Å². The summed E-state index contributed by atoms with van der Waals surface area (Å²) in [4.78, 5) is 28.1. The van der Waals surface area contributed by atoms with Gasteiger partial charge in [-0.1, -0.05) is 152 Å². The average Bonchev–Trinajstić information content (AvgIpc) is 3.49. The minimum atomic E-state index is -0.0657. The standard InChI is InChI=1S/C47H33N5O/c1-51-42-29-28-39(31-43(42)52(47(51)53)41-18-9-4-10-19-41)35-22-20-33(21-23-35)34-24-26-37(27-25-34)45-48-44(36-14-7-3-8-15-36)49-46(50-45)40-17-11-16-38(30-40)32-12-5-2-6-13-32/h2-31H,1H3. The lowest BCUT2D eigenvalue weighted by atomic mass is 9.99. The predicted molar refractivity (Wildman–Crippen MR) is 215 cm³/mol. The van der Waals surface area contributed by atoms with Crippen LogP contribution in [-0.4, -0.2) is 24.1 Å². The molecule has 7 aromatic carbocycles. The van der Waals surface area contributed by atoms with E-state index in [9.17, 15) is 4.79 Å². The molecular weight excluding hydrogens is 651 g/mol. The van der Waals surface area contributed by atoms with E-state index in [2.05, 4.69) is 84.9 Å². The van der Waals surface area contributed by atoms with Crippen molar-refractivity contribution in [2.24, 2.45) is 7.05 Å². The third-order valence-corrected chi connectivity index (χ3v) is 9.66. The molecule has 0 aliphatic heterocycles. The van der Waals surface area contributed by atoms with Gasteiger partial charge in [0.1, 0.15) is 0 Å². The Labute approximate surface area is 307 Å². The maximum absolute atomic E-state index is 13.2. The van der Waals surface area contributed by atoms with Gasteiger partial charge < -0.3 is 0 Å². The summed E-state index contributed by atoms with van der Waals surface area (Å²) in [6, 6.07) is 61.6. The fourth-order valence-electron chi connectivity index (χ4n) is 6.83. The fraction of sp³-hybridized carbons (Fsp3) is 0.0213. The summed E-state index contributed by atoms with van der Waals surface area (Å²) in [5, 5.41) is 0. The maximum atomic E-state index is 13.2. The summed E-state index contributed by atoms with van der Waals surface area (Å²) in [5.74, 6) is 1.87. The molecule has 0 saturated carbocycles. The van der Waals surface area contributed by atoms with Gasteiger partial charge in [-0.25, -0.2) is 19.7 Å². The Morgan fingerprint density at radius 3 is 1.36 bits per heavy atom. The number of imidazole rings is 1. The smallest absolute Gasteiger partial charge is 0.295 e. The second kappa shape index (κ2) is 13.5. The number of hydrogen-bond donors (Lipinski definition) is 0. The number of hydrogen-bond acceptors (Lipinski definition) is 4. The Bertz CT molecular complexity index is 2770. The van der Waals surface area contributed by atoms with Gasteiger partial charge in [0.2, 0.25) is 0 Å². The van der Waals surface area contributed by atoms with Gasteiger partial charge >= 0.3 is 5.69 Å². The molecular formula is C47H33N5O. The molecule has 53 heavy (non-hydrogen) atoms. The van der Waals surface area contributed by atoms with Crippen LogP contribution < -0.4 is 5.69 Å². The first-order valence-corrected chi connectivity index (χ1v) is 17.5. The summed E-state index contributed by atoms with van der Waals surface area (Å²) in [5.41, 5.74) is 11.9. The molecule has 0 aliphatic rings. The molecule has 0 spiro atoms. The van der Waals surface area contributed by atoms with Crippen molar-refractivity contribution in [2.75, 3.05) is 0 Å². The van der Waals surface area contributed by atoms with Gasteiger partial charge in [0.05, 0.1) is 16.7 Å². The number of rotatable bonds is 7. The van der Waals surface area contributed by atoms with Gasteiger partial charge in [0.15, 0.2) is 17.5 Å².